The van der Waals surface area contributed by atoms with Crippen molar-refractivity contribution in [2.24, 2.45) is 5.92 Å². The lowest BCUT2D eigenvalue weighted by atomic mass is 10.1. The van der Waals surface area contributed by atoms with Gasteiger partial charge >= 0.3 is 0 Å². The fourth-order valence-electron chi connectivity index (χ4n) is 2.32. The Morgan fingerprint density at radius 3 is 2.77 bits per heavy atom. The number of carbonyl (C=O) groups excluding carboxylic acids is 1. The van der Waals surface area contributed by atoms with Gasteiger partial charge in [-0.1, -0.05) is 13.8 Å². The van der Waals surface area contributed by atoms with Crippen molar-refractivity contribution in [1.29, 1.82) is 0 Å². The first-order chi connectivity index (χ1) is 10.6. The first-order valence-electron chi connectivity index (χ1n) is 7.93. The van der Waals surface area contributed by atoms with Crippen LogP contribution in [0.3, 0.4) is 0 Å². The molecule has 0 saturated carbocycles. The number of nitrogens with one attached hydrogen (secondary N) is 2. The fourth-order valence-corrected chi connectivity index (χ4v) is 2.32. The summed E-state index contributed by atoms with van der Waals surface area (Å²) >= 11 is 0. The average Bonchev–Trinajstić information content (AvgIpc) is 2.49. The largest absolute Gasteiger partial charge is 0.379 e. The van der Waals surface area contributed by atoms with E-state index in [4.69, 9.17) is 4.74 Å². The standard InChI is InChI=1S/C16H26N4O2/c1-13(2)11-16(21)19-14-3-4-15(18-12-14)17-5-6-20-7-9-22-10-8-20/h3-4,12-13H,5-11H2,1-2H3,(H,17,18)(H,19,21). The second kappa shape index (κ2) is 8.70. The summed E-state index contributed by atoms with van der Waals surface area (Å²) in [5.41, 5.74) is 0.740. The fraction of sp³-hybridized carbons (Fsp3) is 0.625. The molecular weight excluding hydrogens is 280 g/mol. The maximum atomic E-state index is 11.7. The molecular formula is C16H26N4O2. The predicted molar refractivity (Wildman–Crippen MR) is 88.1 cm³/mol. The summed E-state index contributed by atoms with van der Waals surface area (Å²) < 4.78 is 5.32. The number of morpholine rings is 1. The molecule has 1 saturated heterocycles. The summed E-state index contributed by atoms with van der Waals surface area (Å²) in [5, 5.41) is 6.16. The van der Waals surface area contributed by atoms with Gasteiger partial charge in [-0.05, 0) is 18.1 Å². The molecule has 2 rings (SSSR count). The van der Waals surface area contributed by atoms with E-state index in [2.05, 4.69) is 20.5 Å². The first kappa shape index (κ1) is 16.7. The van der Waals surface area contributed by atoms with E-state index in [0.29, 0.717) is 12.3 Å². The molecule has 2 heterocycles. The van der Waals surface area contributed by atoms with Crippen molar-refractivity contribution >= 4 is 17.4 Å². The Hall–Kier alpha value is -1.66. The van der Waals surface area contributed by atoms with Gasteiger partial charge in [0.05, 0.1) is 25.1 Å². The molecule has 1 aliphatic rings. The van der Waals surface area contributed by atoms with Crippen LogP contribution in [0.2, 0.25) is 0 Å². The van der Waals surface area contributed by atoms with Crippen LogP contribution in [0.5, 0.6) is 0 Å². The van der Waals surface area contributed by atoms with E-state index in [0.717, 1.165) is 50.9 Å². The molecule has 0 aliphatic carbocycles. The van der Waals surface area contributed by atoms with Gasteiger partial charge in [0.15, 0.2) is 0 Å². The normalized spacial score (nSPS) is 15.8. The summed E-state index contributed by atoms with van der Waals surface area (Å²) in [5.74, 6) is 1.22. The highest BCUT2D eigenvalue weighted by atomic mass is 16.5. The summed E-state index contributed by atoms with van der Waals surface area (Å²) in [4.78, 5) is 18.4. The monoisotopic (exact) mass is 306 g/mol. The van der Waals surface area contributed by atoms with E-state index in [9.17, 15) is 4.79 Å². The molecule has 0 atom stereocenters. The van der Waals surface area contributed by atoms with Gasteiger partial charge in [0.2, 0.25) is 5.91 Å². The SMILES string of the molecule is CC(C)CC(=O)Nc1ccc(NCCN2CCOCC2)nc1. The molecule has 0 bridgehead atoms. The Bertz CT molecular complexity index is 456. The minimum Gasteiger partial charge on any atom is -0.379 e. The number of anilines is 2. The third-order valence-corrected chi connectivity index (χ3v) is 3.48. The van der Waals surface area contributed by atoms with Crippen molar-refractivity contribution in [3.05, 3.63) is 18.3 Å². The summed E-state index contributed by atoms with van der Waals surface area (Å²) in [6.45, 7) is 9.53. The van der Waals surface area contributed by atoms with E-state index in [1.54, 1.807) is 6.20 Å². The highest BCUT2D eigenvalue weighted by Crippen LogP contribution is 2.11. The van der Waals surface area contributed by atoms with Gasteiger partial charge < -0.3 is 15.4 Å². The second-order valence-corrected chi connectivity index (χ2v) is 5.96. The topological polar surface area (TPSA) is 66.5 Å². The van der Waals surface area contributed by atoms with E-state index < -0.39 is 0 Å². The molecule has 0 unspecified atom stereocenters. The minimum atomic E-state index is 0.0322. The van der Waals surface area contributed by atoms with Crippen LogP contribution in [0.25, 0.3) is 0 Å². The Balaban J connectivity index is 1.70. The number of aromatic nitrogens is 1. The Morgan fingerprint density at radius 1 is 1.36 bits per heavy atom. The van der Waals surface area contributed by atoms with Crippen LogP contribution in [-0.2, 0) is 9.53 Å². The molecule has 0 spiro atoms. The molecule has 0 aromatic carbocycles. The van der Waals surface area contributed by atoms with Crippen molar-refractivity contribution in [3.63, 3.8) is 0 Å². The molecule has 1 amide bonds. The molecule has 1 aliphatic heterocycles. The average molecular weight is 306 g/mol. The van der Waals surface area contributed by atoms with E-state index in [-0.39, 0.29) is 5.91 Å². The molecule has 1 fully saturated rings. The van der Waals surface area contributed by atoms with Crippen LogP contribution >= 0.6 is 0 Å². The van der Waals surface area contributed by atoms with Crippen molar-refractivity contribution in [1.82, 2.24) is 9.88 Å². The summed E-state index contributed by atoms with van der Waals surface area (Å²) in [7, 11) is 0. The maximum Gasteiger partial charge on any atom is 0.224 e. The van der Waals surface area contributed by atoms with E-state index in [1.165, 1.54) is 0 Å². The predicted octanol–water partition coefficient (Wildman–Crippen LogP) is 1.81. The zero-order valence-electron chi connectivity index (χ0n) is 13.5. The van der Waals surface area contributed by atoms with E-state index in [1.807, 2.05) is 26.0 Å². The first-order valence-corrected chi connectivity index (χ1v) is 7.93. The van der Waals surface area contributed by atoms with E-state index >= 15 is 0 Å². The zero-order valence-corrected chi connectivity index (χ0v) is 13.5. The highest BCUT2D eigenvalue weighted by molar-refractivity contribution is 5.90. The number of hydrogen-bond donors (Lipinski definition) is 2. The van der Waals surface area contributed by atoms with Gasteiger partial charge in [-0.2, -0.15) is 0 Å². The van der Waals surface area contributed by atoms with Crippen LogP contribution in [-0.4, -0.2) is 55.2 Å². The van der Waals surface area contributed by atoms with Crippen LogP contribution in [0, 0.1) is 5.92 Å². The van der Waals surface area contributed by atoms with Gasteiger partial charge in [0, 0.05) is 32.6 Å². The quantitative estimate of drug-likeness (QED) is 0.804. The number of nitrogens with zero attached hydrogens (tertiary/aromatic N) is 2. The lowest BCUT2D eigenvalue weighted by molar-refractivity contribution is -0.116. The maximum absolute atomic E-state index is 11.7. The lowest BCUT2D eigenvalue weighted by Crippen LogP contribution is -2.39. The van der Waals surface area contributed by atoms with Crippen molar-refractivity contribution in [2.75, 3.05) is 50.0 Å². The van der Waals surface area contributed by atoms with Gasteiger partial charge in [0.25, 0.3) is 0 Å². The Kier molecular flexibility index (Phi) is 6.61. The molecule has 122 valence electrons. The minimum absolute atomic E-state index is 0.0322. The molecule has 6 heteroatoms. The second-order valence-electron chi connectivity index (χ2n) is 5.96. The number of hydrogen-bond acceptors (Lipinski definition) is 5. The Labute approximate surface area is 132 Å². The number of carbonyl (C=O) groups is 1. The van der Waals surface area contributed by atoms with Crippen LogP contribution in [0.1, 0.15) is 20.3 Å². The third-order valence-electron chi connectivity index (χ3n) is 3.48. The number of ether oxygens (including phenoxy) is 1. The third kappa shape index (κ3) is 5.99. The highest BCUT2D eigenvalue weighted by Gasteiger charge is 2.09. The van der Waals surface area contributed by atoms with Crippen molar-refractivity contribution in [2.45, 2.75) is 20.3 Å². The van der Waals surface area contributed by atoms with Crippen molar-refractivity contribution < 1.29 is 9.53 Å². The Morgan fingerprint density at radius 2 is 2.14 bits per heavy atom. The van der Waals surface area contributed by atoms with Gasteiger partial charge in [-0.3, -0.25) is 9.69 Å². The number of rotatable bonds is 7. The number of pyridine rings is 1. The molecule has 1 aromatic heterocycles. The van der Waals surface area contributed by atoms with Crippen LogP contribution < -0.4 is 10.6 Å². The van der Waals surface area contributed by atoms with Gasteiger partial charge in [-0.15, -0.1) is 0 Å². The summed E-state index contributed by atoms with van der Waals surface area (Å²) in [6, 6.07) is 3.77. The molecule has 2 N–H and O–H groups in total. The lowest BCUT2D eigenvalue weighted by Gasteiger charge is -2.26. The van der Waals surface area contributed by atoms with Crippen LogP contribution in [0.15, 0.2) is 18.3 Å². The van der Waals surface area contributed by atoms with Crippen LogP contribution in [0.4, 0.5) is 11.5 Å². The van der Waals surface area contributed by atoms with Crippen molar-refractivity contribution in [3.8, 4) is 0 Å². The molecule has 22 heavy (non-hydrogen) atoms. The molecule has 6 nitrogen and oxygen atoms in total. The molecule has 1 aromatic rings. The zero-order chi connectivity index (χ0) is 15.8. The summed E-state index contributed by atoms with van der Waals surface area (Å²) in [6.07, 6.45) is 2.22. The van der Waals surface area contributed by atoms with Gasteiger partial charge in [-0.25, -0.2) is 4.98 Å². The van der Waals surface area contributed by atoms with Gasteiger partial charge in [0.1, 0.15) is 5.82 Å². The number of amides is 1. The smallest absolute Gasteiger partial charge is 0.224 e. The molecule has 0 radical (unpaired) electrons.